The number of rotatable bonds is 9. The lowest BCUT2D eigenvalue weighted by Gasteiger charge is -2.26. The first-order chi connectivity index (χ1) is 13.6. The van der Waals surface area contributed by atoms with Gasteiger partial charge in [0.25, 0.3) is 0 Å². The minimum atomic E-state index is -3.79. The quantitative estimate of drug-likeness (QED) is 0.431. The molecule has 6 nitrogen and oxygen atoms in total. The normalized spacial score (nSPS) is 11.4. The van der Waals surface area contributed by atoms with E-state index >= 15 is 0 Å². The van der Waals surface area contributed by atoms with Gasteiger partial charge in [-0.2, -0.15) is 0 Å². The Kier molecular flexibility index (Phi) is 7.80. The Morgan fingerprint density at radius 2 is 1.83 bits per heavy atom. The number of carbonyl (C=O) groups excluding carboxylic acids is 1. The summed E-state index contributed by atoms with van der Waals surface area (Å²) in [5.74, 6) is -0.911. The van der Waals surface area contributed by atoms with E-state index in [0.29, 0.717) is 16.5 Å². The van der Waals surface area contributed by atoms with Crippen LogP contribution in [0.2, 0.25) is 10.0 Å². The number of hydrogen-bond acceptors (Lipinski definition) is 5. The molecule has 4 N–H and O–H groups in total. The lowest BCUT2D eigenvalue weighted by Crippen LogP contribution is -2.25. The van der Waals surface area contributed by atoms with Crippen LogP contribution in [0.5, 0.6) is 0 Å². The lowest BCUT2D eigenvalue weighted by atomic mass is 10.1. The molecule has 0 atom stereocenters. The van der Waals surface area contributed by atoms with Crippen LogP contribution in [0.1, 0.15) is 42.1 Å². The third-order valence-electron chi connectivity index (χ3n) is 4.56. The van der Waals surface area contributed by atoms with Crippen molar-refractivity contribution in [3.8, 4) is 0 Å². The van der Waals surface area contributed by atoms with Gasteiger partial charge in [0.1, 0.15) is 4.90 Å². The topological polar surface area (TPSA) is 106 Å². The molecule has 0 radical (unpaired) electrons. The molecule has 29 heavy (non-hydrogen) atoms. The summed E-state index contributed by atoms with van der Waals surface area (Å²) >= 11 is 12.2. The zero-order chi connectivity index (χ0) is 21.8. The van der Waals surface area contributed by atoms with Crippen molar-refractivity contribution in [2.24, 2.45) is 5.73 Å². The molecule has 0 saturated heterocycles. The van der Waals surface area contributed by atoms with Crippen LogP contribution >= 0.6 is 23.2 Å². The zero-order valence-corrected chi connectivity index (χ0v) is 18.7. The highest BCUT2D eigenvalue weighted by molar-refractivity contribution is 7.91. The molecular weight excluding hydrogens is 433 g/mol. The van der Waals surface area contributed by atoms with E-state index in [2.05, 4.69) is 0 Å². The van der Waals surface area contributed by atoms with Crippen LogP contribution in [0.4, 0.5) is 11.4 Å². The van der Waals surface area contributed by atoms with Gasteiger partial charge >= 0.3 is 0 Å². The monoisotopic (exact) mass is 457 g/mol. The first-order valence-corrected chi connectivity index (χ1v) is 11.6. The molecule has 158 valence electrons. The molecule has 2 aromatic carbocycles. The number of halogens is 2. The standard InChI is InChI=1S/C20H25Cl2N3O3S/c1-3-4-5-10-29(27,28)19-15(20(24)26)8-9-17(23)18(19)25(2)12-13-6-7-14(21)11-16(13)22/h6-9,11H,3-5,10,12,23H2,1-2H3,(H2,24,26). The van der Waals surface area contributed by atoms with Crippen molar-refractivity contribution >= 4 is 50.3 Å². The average Bonchev–Trinajstić information content (AvgIpc) is 2.63. The van der Waals surface area contributed by atoms with E-state index in [-0.39, 0.29) is 34.1 Å². The maximum Gasteiger partial charge on any atom is 0.250 e. The summed E-state index contributed by atoms with van der Waals surface area (Å²) in [6.45, 7) is 2.25. The van der Waals surface area contributed by atoms with Crippen molar-refractivity contribution < 1.29 is 13.2 Å². The van der Waals surface area contributed by atoms with Gasteiger partial charge in [0.15, 0.2) is 9.84 Å². The van der Waals surface area contributed by atoms with Crippen LogP contribution in [0.25, 0.3) is 0 Å². The molecular formula is C20H25Cl2N3O3S. The van der Waals surface area contributed by atoms with Gasteiger partial charge in [-0.25, -0.2) is 8.42 Å². The van der Waals surface area contributed by atoms with Gasteiger partial charge < -0.3 is 16.4 Å². The number of nitrogens with zero attached hydrogens (tertiary/aromatic N) is 1. The third kappa shape index (κ3) is 5.56. The number of primary amides is 1. The van der Waals surface area contributed by atoms with E-state index in [0.717, 1.165) is 18.4 Å². The summed E-state index contributed by atoms with van der Waals surface area (Å²) in [6.07, 6.45) is 2.12. The average molecular weight is 458 g/mol. The van der Waals surface area contributed by atoms with E-state index in [4.69, 9.17) is 34.7 Å². The first-order valence-electron chi connectivity index (χ1n) is 9.18. The fourth-order valence-corrected chi connectivity index (χ4v) is 5.45. The third-order valence-corrected chi connectivity index (χ3v) is 7.01. The highest BCUT2D eigenvalue weighted by Crippen LogP contribution is 2.36. The fourth-order valence-electron chi connectivity index (χ4n) is 3.12. The van der Waals surface area contributed by atoms with Crippen LogP contribution in [-0.2, 0) is 16.4 Å². The number of carbonyl (C=O) groups is 1. The minimum Gasteiger partial charge on any atom is -0.397 e. The summed E-state index contributed by atoms with van der Waals surface area (Å²) in [7, 11) is -2.11. The van der Waals surface area contributed by atoms with Crippen LogP contribution in [0.15, 0.2) is 35.2 Å². The highest BCUT2D eigenvalue weighted by Gasteiger charge is 2.28. The Hall–Kier alpha value is -1.96. The van der Waals surface area contributed by atoms with E-state index in [9.17, 15) is 13.2 Å². The van der Waals surface area contributed by atoms with Crippen molar-refractivity contribution in [1.82, 2.24) is 0 Å². The number of benzene rings is 2. The summed E-state index contributed by atoms with van der Waals surface area (Å²) < 4.78 is 26.3. The molecule has 0 aliphatic carbocycles. The molecule has 2 rings (SSSR count). The minimum absolute atomic E-state index is 0.0697. The van der Waals surface area contributed by atoms with Crippen LogP contribution in [-0.4, -0.2) is 27.1 Å². The van der Waals surface area contributed by atoms with Crippen molar-refractivity contribution in [2.75, 3.05) is 23.4 Å². The van der Waals surface area contributed by atoms with E-state index in [1.165, 1.54) is 12.1 Å². The lowest BCUT2D eigenvalue weighted by molar-refractivity contribution is 0.0997. The summed E-state index contributed by atoms with van der Waals surface area (Å²) in [4.78, 5) is 13.5. The number of nitrogens with two attached hydrogens (primary N) is 2. The number of nitrogen functional groups attached to an aromatic ring is 1. The maximum atomic E-state index is 13.1. The summed E-state index contributed by atoms with van der Waals surface area (Å²) in [6, 6.07) is 7.90. The van der Waals surface area contributed by atoms with Gasteiger partial charge in [-0.15, -0.1) is 0 Å². The number of amides is 1. The molecule has 0 heterocycles. The number of sulfone groups is 1. The second kappa shape index (κ2) is 9.69. The van der Waals surface area contributed by atoms with Crippen molar-refractivity contribution in [1.29, 1.82) is 0 Å². The summed E-state index contributed by atoms with van der Waals surface area (Å²) in [5.41, 5.74) is 12.8. The SMILES string of the molecule is CCCCCS(=O)(=O)c1c(C(N)=O)ccc(N)c1N(C)Cc1ccc(Cl)cc1Cl. The Morgan fingerprint density at radius 1 is 1.14 bits per heavy atom. The maximum absolute atomic E-state index is 13.1. The molecule has 0 aromatic heterocycles. The van der Waals surface area contributed by atoms with Crippen LogP contribution < -0.4 is 16.4 Å². The molecule has 0 saturated carbocycles. The smallest absolute Gasteiger partial charge is 0.250 e. The molecule has 0 bridgehead atoms. The largest absolute Gasteiger partial charge is 0.397 e. The molecule has 0 spiro atoms. The predicted molar refractivity (Wildman–Crippen MR) is 120 cm³/mol. The van der Waals surface area contributed by atoms with Gasteiger partial charge in [-0.1, -0.05) is 49.0 Å². The summed E-state index contributed by atoms with van der Waals surface area (Å²) in [5, 5.41) is 0.942. The van der Waals surface area contributed by atoms with Crippen molar-refractivity contribution in [3.63, 3.8) is 0 Å². The predicted octanol–water partition coefficient (Wildman–Crippen LogP) is 4.27. The Morgan fingerprint density at radius 3 is 2.41 bits per heavy atom. The van der Waals surface area contributed by atoms with Crippen molar-refractivity contribution in [3.05, 3.63) is 51.5 Å². The van der Waals surface area contributed by atoms with Crippen molar-refractivity contribution in [2.45, 2.75) is 37.6 Å². The van der Waals surface area contributed by atoms with Crippen LogP contribution in [0, 0.1) is 0 Å². The van der Waals surface area contributed by atoms with Gasteiger partial charge in [0.2, 0.25) is 5.91 Å². The molecule has 0 aliphatic heterocycles. The second-order valence-corrected chi connectivity index (χ2v) is 9.75. The van der Waals surface area contributed by atoms with E-state index in [1.807, 2.05) is 6.92 Å². The molecule has 0 unspecified atom stereocenters. The number of hydrogen-bond donors (Lipinski definition) is 2. The van der Waals surface area contributed by atoms with Gasteiger partial charge in [0.05, 0.1) is 22.7 Å². The van der Waals surface area contributed by atoms with Gasteiger partial charge in [-0.3, -0.25) is 4.79 Å². The number of anilines is 2. The van der Waals surface area contributed by atoms with Crippen LogP contribution in [0.3, 0.4) is 0 Å². The molecule has 0 aliphatic rings. The van der Waals surface area contributed by atoms with E-state index in [1.54, 1.807) is 30.1 Å². The first kappa shape index (κ1) is 23.3. The highest BCUT2D eigenvalue weighted by atomic mass is 35.5. The Labute approximate surface area is 181 Å². The molecule has 9 heteroatoms. The Bertz CT molecular complexity index is 1010. The zero-order valence-electron chi connectivity index (χ0n) is 16.4. The van der Waals surface area contributed by atoms with Gasteiger partial charge in [-0.05, 0) is 36.2 Å². The van der Waals surface area contributed by atoms with E-state index < -0.39 is 15.7 Å². The second-order valence-electron chi connectivity index (χ2n) is 6.86. The molecule has 0 fully saturated rings. The fraction of sp³-hybridized carbons (Fsp3) is 0.350. The number of unbranched alkanes of at least 4 members (excludes halogenated alkanes) is 2. The Balaban J connectivity index is 2.57. The molecule has 1 amide bonds. The molecule has 2 aromatic rings. The van der Waals surface area contributed by atoms with Gasteiger partial charge in [0, 0.05) is 23.6 Å².